The largest absolute Gasteiger partial charge is 0.481 e. The van der Waals surface area contributed by atoms with Gasteiger partial charge in [0.1, 0.15) is 0 Å². The fourth-order valence-electron chi connectivity index (χ4n) is 3.56. The monoisotopic (exact) mass is 270 g/mol. The third-order valence-electron chi connectivity index (χ3n) is 4.18. The van der Waals surface area contributed by atoms with Crippen molar-refractivity contribution in [2.24, 2.45) is 5.92 Å². The summed E-state index contributed by atoms with van der Waals surface area (Å²) in [7, 11) is 0. The van der Waals surface area contributed by atoms with Gasteiger partial charge in [0.05, 0.1) is 0 Å². The van der Waals surface area contributed by atoms with E-state index in [0.717, 1.165) is 38.5 Å². The molecule has 1 fully saturated rings. The van der Waals surface area contributed by atoms with E-state index in [9.17, 15) is 10.0 Å². The Balaban J connectivity index is 2.37. The fourth-order valence-corrected chi connectivity index (χ4v) is 3.56. The number of carbonyl (C=O) groups is 1. The second-order valence-electron chi connectivity index (χ2n) is 7.19. The molecular formula is C15H28NO3. The number of hydrogen-bond acceptors (Lipinski definition) is 2. The Bertz CT molecular complexity index is 295. The molecule has 0 aromatic carbocycles. The minimum absolute atomic E-state index is 0.274. The average Bonchev–Trinajstić information content (AvgIpc) is 2.24. The minimum atomic E-state index is -0.707. The van der Waals surface area contributed by atoms with Gasteiger partial charge in [-0.1, -0.05) is 19.3 Å². The van der Waals surface area contributed by atoms with Gasteiger partial charge in [0.2, 0.25) is 0 Å². The molecule has 4 heteroatoms. The molecule has 1 heterocycles. The Kier molecular flexibility index (Phi) is 5.39. The summed E-state index contributed by atoms with van der Waals surface area (Å²) in [6.45, 7) is 8.10. The molecule has 19 heavy (non-hydrogen) atoms. The zero-order valence-corrected chi connectivity index (χ0v) is 12.7. The van der Waals surface area contributed by atoms with Gasteiger partial charge in [0, 0.05) is 17.5 Å². The van der Waals surface area contributed by atoms with Crippen LogP contribution in [0.1, 0.15) is 72.6 Å². The fraction of sp³-hybridized carbons (Fsp3) is 0.933. The van der Waals surface area contributed by atoms with Crippen molar-refractivity contribution in [3.63, 3.8) is 0 Å². The van der Waals surface area contributed by atoms with Crippen LogP contribution < -0.4 is 0 Å². The van der Waals surface area contributed by atoms with Crippen LogP contribution in [0.3, 0.4) is 0 Å². The number of hydroxylamine groups is 2. The van der Waals surface area contributed by atoms with Crippen LogP contribution in [-0.2, 0) is 10.0 Å². The van der Waals surface area contributed by atoms with E-state index in [2.05, 4.69) is 0 Å². The van der Waals surface area contributed by atoms with E-state index in [1.807, 2.05) is 27.7 Å². The van der Waals surface area contributed by atoms with Crippen molar-refractivity contribution < 1.29 is 15.1 Å². The summed E-state index contributed by atoms with van der Waals surface area (Å²) >= 11 is 0. The van der Waals surface area contributed by atoms with E-state index in [0.29, 0.717) is 5.92 Å². The lowest BCUT2D eigenvalue weighted by molar-refractivity contribution is -0.294. The molecule has 1 aliphatic rings. The number of piperidine rings is 1. The lowest BCUT2D eigenvalue weighted by Crippen LogP contribution is -2.58. The van der Waals surface area contributed by atoms with Crippen LogP contribution in [0.2, 0.25) is 0 Å². The molecule has 0 aliphatic carbocycles. The zero-order valence-electron chi connectivity index (χ0n) is 12.7. The van der Waals surface area contributed by atoms with Gasteiger partial charge in [0.15, 0.2) is 0 Å². The molecular weight excluding hydrogens is 242 g/mol. The van der Waals surface area contributed by atoms with Crippen LogP contribution in [0, 0.1) is 5.92 Å². The first-order valence-corrected chi connectivity index (χ1v) is 7.34. The van der Waals surface area contributed by atoms with Crippen LogP contribution in [-0.4, -0.2) is 27.2 Å². The minimum Gasteiger partial charge on any atom is -0.481 e. The van der Waals surface area contributed by atoms with Gasteiger partial charge in [-0.25, -0.2) is 0 Å². The van der Waals surface area contributed by atoms with E-state index in [-0.39, 0.29) is 17.5 Å². The van der Waals surface area contributed by atoms with Crippen molar-refractivity contribution in [1.82, 2.24) is 5.06 Å². The molecule has 1 N–H and O–H groups in total. The van der Waals surface area contributed by atoms with Crippen molar-refractivity contribution in [2.45, 2.75) is 83.7 Å². The molecule has 1 aliphatic heterocycles. The van der Waals surface area contributed by atoms with E-state index >= 15 is 0 Å². The number of carboxylic acid groups (broad SMARTS) is 1. The Labute approximate surface area is 116 Å². The molecule has 4 nitrogen and oxygen atoms in total. The highest BCUT2D eigenvalue weighted by Gasteiger charge is 2.45. The molecule has 1 radical (unpaired) electrons. The van der Waals surface area contributed by atoms with Gasteiger partial charge in [-0.05, 0) is 52.9 Å². The number of carboxylic acids is 1. The summed E-state index contributed by atoms with van der Waals surface area (Å²) in [5.74, 6) is -0.123. The molecule has 0 unspecified atom stereocenters. The summed E-state index contributed by atoms with van der Waals surface area (Å²) in [5, 5.41) is 22.1. The Morgan fingerprint density at radius 2 is 1.63 bits per heavy atom. The second kappa shape index (κ2) is 6.23. The smallest absolute Gasteiger partial charge is 0.303 e. The lowest BCUT2D eigenvalue weighted by Gasteiger charge is -2.50. The second-order valence-corrected chi connectivity index (χ2v) is 7.19. The predicted molar refractivity (Wildman–Crippen MR) is 74.1 cm³/mol. The highest BCUT2D eigenvalue weighted by molar-refractivity contribution is 5.66. The van der Waals surface area contributed by atoms with E-state index in [4.69, 9.17) is 5.11 Å². The Morgan fingerprint density at radius 1 is 1.11 bits per heavy atom. The average molecular weight is 270 g/mol. The maximum Gasteiger partial charge on any atom is 0.303 e. The number of hydrogen-bond donors (Lipinski definition) is 1. The van der Waals surface area contributed by atoms with Crippen LogP contribution in [0.4, 0.5) is 0 Å². The zero-order chi connectivity index (χ0) is 14.7. The molecule has 1 saturated heterocycles. The van der Waals surface area contributed by atoms with Gasteiger partial charge in [-0.3, -0.25) is 4.79 Å². The van der Waals surface area contributed by atoms with Gasteiger partial charge in [-0.15, -0.1) is 10.3 Å². The first kappa shape index (κ1) is 16.4. The number of aliphatic carboxylic acids is 1. The highest BCUT2D eigenvalue weighted by Crippen LogP contribution is 2.41. The molecule has 0 aromatic heterocycles. The van der Waals surface area contributed by atoms with Gasteiger partial charge in [0.25, 0.3) is 0 Å². The third kappa shape index (κ3) is 4.77. The molecule has 0 saturated carbocycles. The molecule has 0 atom stereocenters. The summed E-state index contributed by atoms with van der Waals surface area (Å²) in [4.78, 5) is 10.4. The lowest BCUT2D eigenvalue weighted by atomic mass is 9.73. The maximum atomic E-state index is 12.2. The van der Waals surface area contributed by atoms with Crippen molar-refractivity contribution in [3.05, 3.63) is 0 Å². The molecule has 0 spiro atoms. The normalized spacial score (nSPS) is 23.4. The summed E-state index contributed by atoms with van der Waals surface area (Å²) in [6.07, 6.45) is 6.09. The van der Waals surface area contributed by atoms with Crippen molar-refractivity contribution >= 4 is 5.97 Å². The van der Waals surface area contributed by atoms with Crippen LogP contribution in [0.5, 0.6) is 0 Å². The molecule has 0 aromatic rings. The van der Waals surface area contributed by atoms with Gasteiger partial charge < -0.3 is 5.11 Å². The Morgan fingerprint density at radius 3 is 2.11 bits per heavy atom. The van der Waals surface area contributed by atoms with Crippen molar-refractivity contribution in [3.8, 4) is 0 Å². The summed E-state index contributed by atoms with van der Waals surface area (Å²) < 4.78 is 0. The maximum absolute atomic E-state index is 12.2. The van der Waals surface area contributed by atoms with Crippen LogP contribution >= 0.6 is 0 Å². The van der Waals surface area contributed by atoms with Crippen molar-refractivity contribution in [2.75, 3.05) is 0 Å². The third-order valence-corrected chi connectivity index (χ3v) is 4.18. The van der Waals surface area contributed by atoms with Crippen molar-refractivity contribution in [1.29, 1.82) is 0 Å². The number of unbranched alkanes of at least 4 members (excludes halogenated alkanes) is 2. The first-order valence-electron chi connectivity index (χ1n) is 7.34. The molecule has 111 valence electrons. The summed E-state index contributed by atoms with van der Waals surface area (Å²) in [6, 6.07) is 0. The molecule has 0 amide bonds. The van der Waals surface area contributed by atoms with E-state index in [1.165, 1.54) is 5.06 Å². The summed E-state index contributed by atoms with van der Waals surface area (Å²) in [5.41, 5.74) is -0.568. The van der Waals surface area contributed by atoms with Crippen LogP contribution in [0.15, 0.2) is 0 Å². The quantitative estimate of drug-likeness (QED) is 0.750. The Hall–Kier alpha value is -0.610. The van der Waals surface area contributed by atoms with Crippen LogP contribution in [0.25, 0.3) is 0 Å². The van der Waals surface area contributed by atoms with Gasteiger partial charge >= 0.3 is 5.97 Å². The topological polar surface area (TPSA) is 60.4 Å². The molecule has 1 rings (SSSR count). The standard InChI is InChI=1S/C15H28NO3/c1-14(2)10-12(11-15(3,4)16(14)19)8-6-5-7-9-13(17)18/h12H,5-11H2,1-4H3,(H,17,18). The van der Waals surface area contributed by atoms with E-state index in [1.54, 1.807) is 0 Å². The first-order chi connectivity index (χ1) is 8.65. The van der Waals surface area contributed by atoms with E-state index < -0.39 is 5.97 Å². The molecule has 0 bridgehead atoms. The predicted octanol–water partition coefficient (Wildman–Crippen LogP) is 3.64. The SMILES string of the molecule is CC1(C)CC(CCCCCC(=O)O)CC(C)(C)N1[O]. The highest BCUT2D eigenvalue weighted by atomic mass is 16.5. The van der Waals surface area contributed by atoms with Gasteiger partial charge in [-0.2, -0.15) is 0 Å². The number of nitrogens with zero attached hydrogens (tertiary/aromatic N) is 1. The number of rotatable bonds is 6.